The van der Waals surface area contributed by atoms with E-state index in [0.29, 0.717) is 6.54 Å². The highest BCUT2D eigenvalue weighted by Crippen LogP contribution is 2.24. The number of aryl methyl sites for hydroxylation is 1. The van der Waals surface area contributed by atoms with E-state index in [1.54, 1.807) is 7.11 Å². The number of para-hydroxylation sites is 1. The average molecular weight is 245 g/mol. The number of nitrogens with one attached hydrogen (secondary N) is 1. The Hall–Kier alpha value is -1.74. The second-order valence-corrected chi connectivity index (χ2v) is 4.36. The van der Waals surface area contributed by atoms with Crippen molar-refractivity contribution in [3.63, 3.8) is 0 Å². The maximum Gasteiger partial charge on any atom is 0.123 e. The number of hydrogen-bond acceptors (Lipinski definition) is 3. The predicted octanol–water partition coefficient (Wildman–Crippen LogP) is 3.45. The molecule has 2 rings (SSSR count). The predicted molar refractivity (Wildman–Crippen MR) is 71.7 cm³/mol. The van der Waals surface area contributed by atoms with E-state index >= 15 is 0 Å². The van der Waals surface area contributed by atoms with Gasteiger partial charge in [-0.1, -0.05) is 18.2 Å². The fraction of sp³-hybridized carbons (Fsp3) is 0.333. The first kappa shape index (κ1) is 12.7. The lowest BCUT2D eigenvalue weighted by Crippen LogP contribution is -2.18. The monoisotopic (exact) mass is 245 g/mol. The maximum atomic E-state index is 5.53. The van der Waals surface area contributed by atoms with Crippen LogP contribution in [-0.2, 0) is 6.54 Å². The van der Waals surface area contributed by atoms with E-state index in [9.17, 15) is 0 Å². The Morgan fingerprint density at radius 1 is 1.22 bits per heavy atom. The number of ether oxygens (including phenoxy) is 1. The van der Waals surface area contributed by atoms with Gasteiger partial charge in [0.15, 0.2) is 0 Å². The number of rotatable bonds is 5. The lowest BCUT2D eigenvalue weighted by atomic mass is 10.1. The number of furan rings is 1. The molecule has 1 heterocycles. The molecule has 0 aliphatic carbocycles. The van der Waals surface area contributed by atoms with Gasteiger partial charge in [-0.2, -0.15) is 0 Å². The first-order valence-electron chi connectivity index (χ1n) is 6.12. The van der Waals surface area contributed by atoms with Crippen LogP contribution >= 0.6 is 0 Å². The molecule has 0 aliphatic heterocycles. The molecule has 0 bridgehead atoms. The van der Waals surface area contributed by atoms with Gasteiger partial charge in [0, 0.05) is 11.6 Å². The minimum atomic E-state index is 0.214. The van der Waals surface area contributed by atoms with Crippen molar-refractivity contribution in [2.45, 2.75) is 26.4 Å². The van der Waals surface area contributed by atoms with Gasteiger partial charge < -0.3 is 14.5 Å². The van der Waals surface area contributed by atoms with Gasteiger partial charge in [0.05, 0.1) is 13.7 Å². The summed E-state index contributed by atoms with van der Waals surface area (Å²) in [5, 5.41) is 3.43. The zero-order valence-corrected chi connectivity index (χ0v) is 11.1. The zero-order chi connectivity index (χ0) is 13.0. The molecule has 0 unspecified atom stereocenters. The van der Waals surface area contributed by atoms with E-state index in [4.69, 9.17) is 9.15 Å². The van der Waals surface area contributed by atoms with Crippen LogP contribution in [0.2, 0.25) is 0 Å². The standard InChI is InChI=1S/C15H19NO2/c1-11-8-9-13(18-11)10-16-12(2)14-6-4-5-7-15(14)17-3/h4-9,12,16H,10H2,1-3H3/t12-/m0/s1. The normalized spacial score (nSPS) is 12.4. The van der Waals surface area contributed by atoms with E-state index in [1.807, 2.05) is 37.3 Å². The third kappa shape index (κ3) is 2.93. The fourth-order valence-corrected chi connectivity index (χ4v) is 1.97. The van der Waals surface area contributed by atoms with Gasteiger partial charge in [0.2, 0.25) is 0 Å². The van der Waals surface area contributed by atoms with Crippen LogP contribution in [-0.4, -0.2) is 7.11 Å². The molecule has 0 fully saturated rings. The molecule has 0 radical (unpaired) electrons. The molecule has 1 atom stereocenters. The Bertz CT molecular complexity index is 505. The molecule has 1 aromatic carbocycles. The summed E-state index contributed by atoms with van der Waals surface area (Å²) in [6.45, 7) is 4.79. The van der Waals surface area contributed by atoms with Crippen molar-refractivity contribution in [1.82, 2.24) is 5.32 Å². The first-order valence-corrected chi connectivity index (χ1v) is 6.12. The molecule has 2 aromatic rings. The topological polar surface area (TPSA) is 34.4 Å². The smallest absolute Gasteiger partial charge is 0.123 e. The van der Waals surface area contributed by atoms with Gasteiger partial charge in [-0.25, -0.2) is 0 Å². The summed E-state index contributed by atoms with van der Waals surface area (Å²) in [4.78, 5) is 0. The first-order chi connectivity index (χ1) is 8.70. The van der Waals surface area contributed by atoms with Crippen LogP contribution in [0.25, 0.3) is 0 Å². The third-order valence-electron chi connectivity index (χ3n) is 2.98. The molecule has 96 valence electrons. The summed E-state index contributed by atoms with van der Waals surface area (Å²) in [5.74, 6) is 2.80. The molecular weight excluding hydrogens is 226 g/mol. The highest BCUT2D eigenvalue weighted by molar-refractivity contribution is 5.35. The third-order valence-corrected chi connectivity index (χ3v) is 2.98. The Morgan fingerprint density at radius 3 is 2.67 bits per heavy atom. The van der Waals surface area contributed by atoms with Gasteiger partial charge in [0.25, 0.3) is 0 Å². The van der Waals surface area contributed by atoms with E-state index in [0.717, 1.165) is 22.8 Å². The average Bonchev–Trinajstić information content (AvgIpc) is 2.81. The van der Waals surface area contributed by atoms with Crippen molar-refractivity contribution in [1.29, 1.82) is 0 Å². The highest BCUT2D eigenvalue weighted by atomic mass is 16.5. The Labute approximate surface area is 108 Å². The molecule has 3 heteroatoms. The molecule has 0 aliphatic rings. The van der Waals surface area contributed by atoms with Crippen molar-refractivity contribution in [2.75, 3.05) is 7.11 Å². The molecule has 18 heavy (non-hydrogen) atoms. The van der Waals surface area contributed by atoms with Crippen molar-refractivity contribution < 1.29 is 9.15 Å². The second-order valence-electron chi connectivity index (χ2n) is 4.36. The van der Waals surface area contributed by atoms with Crippen LogP contribution in [0.3, 0.4) is 0 Å². The molecule has 3 nitrogen and oxygen atoms in total. The maximum absolute atomic E-state index is 5.53. The summed E-state index contributed by atoms with van der Waals surface area (Å²) in [7, 11) is 1.70. The van der Waals surface area contributed by atoms with Gasteiger partial charge in [0.1, 0.15) is 17.3 Å². The highest BCUT2D eigenvalue weighted by Gasteiger charge is 2.10. The minimum absolute atomic E-state index is 0.214. The quantitative estimate of drug-likeness (QED) is 0.876. The van der Waals surface area contributed by atoms with Crippen LogP contribution < -0.4 is 10.1 Å². The van der Waals surface area contributed by atoms with E-state index in [-0.39, 0.29) is 6.04 Å². The lowest BCUT2D eigenvalue weighted by molar-refractivity contribution is 0.396. The molecule has 0 saturated carbocycles. The fourth-order valence-electron chi connectivity index (χ4n) is 1.97. The van der Waals surface area contributed by atoms with Crippen LogP contribution in [0, 0.1) is 6.92 Å². The summed E-state index contributed by atoms with van der Waals surface area (Å²) >= 11 is 0. The number of hydrogen-bond donors (Lipinski definition) is 1. The number of methoxy groups -OCH3 is 1. The Kier molecular flexibility index (Phi) is 4.05. The van der Waals surface area contributed by atoms with Crippen molar-refractivity contribution >= 4 is 0 Å². The summed E-state index contributed by atoms with van der Waals surface area (Å²) in [5.41, 5.74) is 1.16. The molecular formula is C15H19NO2. The van der Waals surface area contributed by atoms with Gasteiger partial charge in [-0.15, -0.1) is 0 Å². The van der Waals surface area contributed by atoms with Crippen molar-refractivity contribution in [3.8, 4) is 5.75 Å². The van der Waals surface area contributed by atoms with Gasteiger partial charge >= 0.3 is 0 Å². The summed E-state index contributed by atoms with van der Waals surface area (Å²) in [6, 6.07) is 12.2. The summed E-state index contributed by atoms with van der Waals surface area (Å²) < 4.78 is 10.9. The molecule has 1 N–H and O–H groups in total. The lowest BCUT2D eigenvalue weighted by Gasteiger charge is -2.16. The van der Waals surface area contributed by atoms with Crippen LogP contribution in [0.15, 0.2) is 40.8 Å². The van der Waals surface area contributed by atoms with Crippen LogP contribution in [0.4, 0.5) is 0 Å². The van der Waals surface area contributed by atoms with E-state index in [1.165, 1.54) is 0 Å². The molecule has 0 spiro atoms. The SMILES string of the molecule is COc1ccccc1[C@H](C)NCc1ccc(C)o1. The van der Waals surface area contributed by atoms with E-state index < -0.39 is 0 Å². The second kappa shape index (κ2) is 5.74. The van der Waals surface area contributed by atoms with E-state index in [2.05, 4.69) is 18.3 Å². The molecule has 0 amide bonds. The summed E-state index contributed by atoms with van der Waals surface area (Å²) in [6.07, 6.45) is 0. The Balaban J connectivity index is 2.01. The van der Waals surface area contributed by atoms with Crippen LogP contribution in [0.5, 0.6) is 5.75 Å². The van der Waals surface area contributed by atoms with Crippen LogP contribution in [0.1, 0.15) is 30.0 Å². The molecule has 0 saturated heterocycles. The molecule has 1 aromatic heterocycles. The largest absolute Gasteiger partial charge is 0.496 e. The zero-order valence-electron chi connectivity index (χ0n) is 11.1. The van der Waals surface area contributed by atoms with Crippen molar-refractivity contribution in [3.05, 3.63) is 53.5 Å². The van der Waals surface area contributed by atoms with Gasteiger partial charge in [-0.3, -0.25) is 0 Å². The van der Waals surface area contributed by atoms with Crippen molar-refractivity contribution in [2.24, 2.45) is 0 Å². The van der Waals surface area contributed by atoms with Gasteiger partial charge in [-0.05, 0) is 32.0 Å². The Morgan fingerprint density at radius 2 is 2.00 bits per heavy atom. The minimum Gasteiger partial charge on any atom is -0.496 e. The number of benzene rings is 1.